The number of rotatable bonds is 3. The second kappa shape index (κ2) is 8.34. The van der Waals surface area contributed by atoms with Crippen LogP contribution in [0.2, 0.25) is 5.02 Å². The molecule has 1 aromatic heterocycles. The number of pyridine rings is 1. The Kier molecular flexibility index (Phi) is 5.35. The van der Waals surface area contributed by atoms with Gasteiger partial charge in [0.2, 0.25) is 5.91 Å². The lowest BCUT2D eigenvalue weighted by Crippen LogP contribution is -2.24. The Labute approximate surface area is 196 Å². The van der Waals surface area contributed by atoms with E-state index in [0.29, 0.717) is 22.7 Å². The maximum atomic E-state index is 13.4. The first-order valence-electron chi connectivity index (χ1n) is 10.8. The number of aromatic nitrogens is 1. The predicted octanol–water partition coefficient (Wildman–Crippen LogP) is 5.85. The van der Waals surface area contributed by atoms with Crippen LogP contribution in [-0.2, 0) is 4.79 Å². The van der Waals surface area contributed by atoms with Crippen LogP contribution in [0.3, 0.4) is 0 Å². The number of carbonyl (C=O) groups is 1. The van der Waals surface area contributed by atoms with Gasteiger partial charge in [-0.25, -0.2) is 5.01 Å². The van der Waals surface area contributed by atoms with Gasteiger partial charge in [0.25, 0.3) is 5.56 Å². The van der Waals surface area contributed by atoms with E-state index in [-0.39, 0.29) is 17.5 Å². The Hall–Kier alpha value is -3.70. The topological polar surface area (TPSA) is 65.5 Å². The Balaban J connectivity index is 1.74. The highest BCUT2D eigenvalue weighted by atomic mass is 35.5. The molecule has 0 fully saturated rings. The van der Waals surface area contributed by atoms with Crippen molar-refractivity contribution in [1.82, 2.24) is 9.99 Å². The molecule has 2 heterocycles. The molecule has 1 aliphatic heterocycles. The molecule has 1 amide bonds. The Morgan fingerprint density at radius 2 is 1.70 bits per heavy atom. The van der Waals surface area contributed by atoms with E-state index in [0.717, 1.165) is 33.2 Å². The van der Waals surface area contributed by atoms with E-state index < -0.39 is 0 Å². The number of carbonyl (C=O) groups excluding carboxylic acids is 1. The summed E-state index contributed by atoms with van der Waals surface area (Å²) in [6.45, 7) is 3.50. The van der Waals surface area contributed by atoms with Gasteiger partial charge < -0.3 is 4.98 Å². The van der Waals surface area contributed by atoms with Crippen LogP contribution in [-0.4, -0.2) is 21.6 Å². The maximum Gasteiger partial charge on any atom is 0.258 e. The van der Waals surface area contributed by atoms with Gasteiger partial charge in [0.15, 0.2) is 0 Å². The van der Waals surface area contributed by atoms with Gasteiger partial charge in [0, 0.05) is 34.8 Å². The highest BCUT2D eigenvalue weighted by Crippen LogP contribution is 2.38. The molecule has 33 heavy (non-hydrogen) atoms. The van der Waals surface area contributed by atoms with Crippen molar-refractivity contribution in [2.45, 2.75) is 26.3 Å². The van der Waals surface area contributed by atoms with E-state index in [9.17, 15) is 9.59 Å². The monoisotopic (exact) mass is 455 g/mol. The van der Waals surface area contributed by atoms with E-state index in [4.69, 9.17) is 11.6 Å². The first-order valence-corrected chi connectivity index (χ1v) is 11.2. The van der Waals surface area contributed by atoms with Crippen LogP contribution in [0.25, 0.3) is 22.0 Å². The molecule has 5 nitrogen and oxygen atoms in total. The molecule has 3 aromatic carbocycles. The quantitative estimate of drug-likeness (QED) is 0.420. The number of amides is 1. The molecular formula is C27H22ClN3O2. The number of hydrogen-bond acceptors (Lipinski definition) is 3. The number of hydrazone groups is 1. The predicted molar refractivity (Wildman–Crippen MR) is 133 cm³/mol. The summed E-state index contributed by atoms with van der Waals surface area (Å²) in [5.41, 5.74) is 5.26. The lowest BCUT2D eigenvalue weighted by molar-refractivity contribution is -0.130. The number of aryl methyl sites for hydroxylation is 1. The van der Waals surface area contributed by atoms with Gasteiger partial charge in [-0.3, -0.25) is 9.59 Å². The standard InChI is InChI=1S/C27H22ClN3O2/c1-16-11-13-18(14-12-16)25-20-8-4-6-10-22(20)29-27(33)26(25)23-15-24(31(30-23)17(2)32)19-7-3-5-9-21(19)28/h3-14,24H,15H2,1-2H3,(H,29,33)/t24-/m0/s1. The molecule has 0 saturated carbocycles. The third-order valence-corrected chi connectivity index (χ3v) is 6.39. The summed E-state index contributed by atoms with van der Waals surface area (Å²) in [4.78, 5) is 28.9. The van der Waals surface area contributed by atoms with Crippen molar-refractivity contribution < 1.29 is 4.79 Å². The number of aromatic amines is 1. The van der Waals surface area contributed by atoms with Gasteiger partial charge in [0.05, 0.1) is 17.3 Å². The molecule has 0 radical (unpaired) electrons. The minimum Gasteiger partial charge on any atom is -0.321 e. The fourth-order valence-corrected chi connectivity index (χ4v) is 4.74. The molecule has 0 bridgehead atoms. The van der Waals surface area contributed by atoms with Gasteiger partial charge in [-0.1, -0.05) is 77.8 Å². The van der Waals surface area contributed by atoms with E-state index >= 15 is 0 Å². The van der Waals surface area contributed by atoms with Crippen LogP contribution < -0.4 is 5.56 Å². The number of fused-ring (bicyclic) bond motifs is 1. The van der Waals surface area contributed by atoms with Crippen molar-refractivity contribution in [3.05, 3.63) is 105 Å². The number of para-hydroxylation sites is 1. The molecule has 0 spiro atoms. The van der Waals surface area contributed by atoms with E-state index in [1.807, 2.05) is 73.7 Å². The molecule has 164 valence electrons. The molecule has 1 aliphatic rings. The fraction of sp³-hybridized carbons (Fsp3) is 0.148. The molecule has 0 saturated heterocycles. The maximum absolute atomic E-state index is 13.4. The third kappa shape index (κ3) is 3.74. The largest absolute Gasteiger partial charge is 0.321 e. The van der Waals surface area contributed by atoms with Crippen LogP contribution in [0.15, 0.2) is 82.7 Å². The summed E-state index contributed by atoms with van der Waals surface area (Å²) < 4.78 is 0. The molecule has 6 heteroatoms. The van der Waals surface area contributed by atoms with Crippen molar-refractivity contribution in [2.75, 3.05) is 0 Å². The number of benzene rings is 3. The molecular weight excluding hydrogens is 434 g/mol. The van der Waals surface area contributed by atoms with Crippen molar-refractivity contribution in [3.8, 4) is 11.1 Å². The summed E-state index contributed by atoms with van der Waals surface area (Å²) in [7, 11) is 0. The van der Waals surface area contributed by atoms with Crippen LogP contribution >= 0.6 is 11.6 Å². The summed E-state index contributed by atoms with van der Waals surface area (Å²) in [6, 6.07) is 22.9. The molecule has 1 N–H and O–H groups in total. The SMILES string of the molecule is CC(=O)N1N=C(c2c(-c3ccc(C)cc3)c3ccccc3[nH]c2=O)C[C@H]1c1ccccc1Cl. The van der Waals surface area contributed by atoms with E-state index in [1.165, 1.54) is 11.9 Å². The second-order valence-electron chi connectivity index (χ2n) is 8.27. The highest BCUT2D eigenvalue weighted by molar-refractivity contribution is 6.31. The zero-order valence-corrected chi connectivity index (χ0v) is 19.1. The van der Waals surface area contributed by atoms with Crippen LogP contribution in [0.4, 0.5) is 0 Å². The minimum atomic E-state index is -0.372. The molecule has 4 aromatic rings. The van der Waals surface area contributed by atoms with Crippen molar-refractivity contribution >= 4 is 34.1 Å². The minimum absolute atomic E-state index is 0.205. The molecule has 0 unspecified atom stereocenters. The molecule has 5 rings (SSSR count). The summed E-state index contributed by atoms with van der Waals surface area (Å²) in [6.07, 6.45) is 0.392. The lowest BCUT2D eigenvalue weighted by atomic mass is 9.90. The van der Waals surface area contributed by atoms with Crippen molar-refractivity contribution in [3.63, 3.8) is 0 Å². The van der Waals surface area contributed by atoms with Crippen molar-refractivity contribution in [2.24, 2.45) is 5.10 Å². The van der Waals surface area contributed by atoms with Crippen LogP contribution in [0.5, 0.6) is 0 Å². The fourth-order valence-electron chi connectivity index (χ4n) is 4.48. The average molecular weight is 456 g/mol. The van der Waals surface area contributed by atoms with Gasteiger partial charge >= 0.3 is 0 Å². The first kappa shape index (κ1) is 21.2. The number of H-pyrrole nitrogens is 1. The summed E-state index contributed by atoms with van der Waals surface area (Å²) in [5.74, 6) is -0.205. The smallest absolute Gasteiger partial charge is 0.258 e. The summed E-state index contributed by atoms with van der Waals surface area (Å²) in [5, 5.41) is 7.58. The van der Waals surface area contributed by atoms with Gasteiger partial charge in [0.1, 0.15) is 0 Å². The van der Waals surface area contributed by atoms with E-state index in [1.54, 1.807) is 6.07 Å². The zero-order valence-electron chi connectivity index (χ0n) is 18.3. The summed E-state index contributed by atoms with van der Waals surface area (Å²) >= 11 is 6.46. The van der Waals surface area contributed by atoms with Crippen LogP contribution in [0.1, 0.15) is 36.1 Å². The first-order chi connectivity index (χ1) is 15.9. The number of halogens is 1. The molecule has 1 atom stereocenters. The number of hydrogen-bond donors (Lipinski definition) is 1. The van der Waals surface area contributed by atoms with Gasteiger partial charge in [-0.15, -0.1) is 0 Å². The Morgan fingerprint density at radius 3 is 2.42 bits per heavy atom. The number of nitrogens with zero attached hydrogens (tertiary/aromatic N) is 2. The lowest BCUT2D eigenvalue weighted by Gasteiger charge is -2.21. The van der Waals surface area contributed by atoms with Gasteiger partial charge in [-0.05, 0) is 30.2 Å². The van der Waals surface area contributed by atoms with E-state index in [2.05, 4.69) is 10.1 Å². The highest BCUT2D eigenvalue weighted by Gasteiger charge is 2.35. The van der Waals surface area contributed by atoms with Crippen LogP contribution in [0, 0.1) is 6.92 Å². The second-order valence-corrected chi connectivity index (χ2v) is 8.67. The molecule has 0 aliphatic carbocycles. The third-order valence-electron chi connectivity index (χ3n) is 6.05. The number of nitrogens with one attached hydrogen (secondary N) is 1. The van der Waals surface area contributed by atoms with Gasteiger partial charge in [-0.2, -0.15) is 5.10 Å². The zero-order chi connectivity index (χ0) is 23.1. The van der Waals surface area contributed by atoms with Crippen molar-refractivity contribution in [1.29, 1.82) is 0 Å². The normalized spacial score (nSPS) is 15.7. The Morgan fingerprint density at radius 1 is 1.00 bits per heavy atom. The average Bonchev–Trinajstić information content (AvgIpc) is 3.24. The Bertz CT molecular complexity index is 1470.